The zero-order valence-corrected chi connectivity index (χ0v) is 12.5. The van der Waals surface area contributed by atoms with Gasteiger partial charge in [-0.25, -0.2) is 4.79 Å². The second-order valence-corrected chi connectivity index (χ2v) is 6.27. The molecule has 0 aliphatic heterocycles. The summed E-state index contributed by atoms with van der Waals surface area (Å²) >= 11 is 0. The van der Waals surface area contributed by atoms with Crippen LogP contribution in [-0.4, -0.2) is 42.2 Å². The maximum absolute atomic E-state index is 11.7. The van der Waals surface area contributed by atoms with E-state index in [0.717, 1.165) is 25.9 Å². The summed E-state index contributed by atoms with van der Waals surface area (Å²) in [6.45, 7) is 8.80. The molecule has 0 aromatic rings. The van der Waals surface area contributed by atoms with Gasteiger partial charge in [-0.2, -0.15) is 0 Å². The maximum atomic E-state index is 11.7. The van der Waals surface area contributed by atoms with Gasteiger partial charge in [-0.15, -0.1) is 0 Å². The van der Waals surface area contributed by atoms with E-state index in [1.165, 1.54) is 0 Å². The summed E-state index contributed by atoms with van der Waals surface area (Å²) in [6.07, 6.45) is 2.41. The van der Waals surface area contributed by atoms with Gasteiger partial charge in [-0.1, -0.05) is 13.3 Å². The van der Waals surface area contributed by atoms with Crippen molar-refractivity contribution in [3.63, 3.8) is 0 Å². The van der Waals surface area contributed by atoms with Gasteiger partial charge in [-0.05, 0) is 33.6 Å². The van der Waals surface area contributed by atoms with Crippen LogP contribution in [0.4, 0.5) is 4.79 Å². The Bertz CT molecular complexity index is 300. The Labute approximate surface area is 115 Å². The first-order valence-corrected chi connectivity index (χ1v) is 7.03. The van der Waals surface area contributed by atoms with Gasteiger partial charge in [0.25, 0.3) is 0 Å². The summed E-state index contributed by atoms with van der Waals surface area (Å²) in [4.78, 5) is 11.7. The monoisotopic (exact) mass is 273 g/mol. The van der Waals surface area contributed by atoms with Gasteiger partial charge in [0.05, 0.1) is 18.8 Å². The molecule has 112 valence electrons. The van der Waals surface area contributed by atoms with Crippen molar-refractivity contribution in [2.45, 2.75) is 58.1 Å². The molecule has 0 aromatic carbocycles. The Morgan fingerprint density at radius 1 is 1.47 bits per heavy atom. The molecule has 0 saturated heterocycles. The third-order valence-corrected chi connectivity index (χ3v) is 3.23. The van der Waals surface area contributed by atoms with Crippen LogP contribution >= 0.6 is 0 Å². The number of amides is 1. The van der Waals surface area contributed by atoms with Crippen LogP contribution in [-0.2, 0) is 9.47 Å². The molecule has 1 amide bonds. The number of hydrogen-bond acceptors (Lipinski definition) is 4. The predicted molar refractivity (Wildman–Crippen MR) is 73.0 cm³/mol. The summed E-state index contributed by atoms with van der Waals surface area (Å²) in [7, 11) is 0. The molecule has 19 heavy (non-hydrogen) atoms. The lowest BCUT2D eigenvalue weighted by molar-refractivity contribution is 0.0442. The standard InChI is InChI=1S/C14H27NO4/c1-5-6-7-18-9-11-8-14(11,10-16)15-12(17)19-13(2,3)4/h11,16H,5-10H2,1-4H3,(H,15,17)/t11-,14-/m0/s1. The minimum Gasteiger partial charge on any atom is -0.444 e. The molecule has 1 saturated carbocycles. The molecule has 0 unspecified atom stereocenters. The van der Waals surface area contributed by atoms with Gasteiger partial charge in [0.1, 0.15) is 5.60 Å². The molecular weight excluding hydrogens is 246 g/mol. The van der Waals surface area contributed by atoms with Gasteiger partial charge in [0.2, 0.25) is 0 Å². The van der Waals surface area contributed by atoms with E-state index in [4.69, 9.17) is 9.47 Å². The first kappa shape index (κ1) is 16.2. The number of hydrogen-bond donors (Lipinski definition) is 2. The van der Waals surface area contributed by atoms with Crippen molar-refractivity contribution in [3.05, 3.63) is 0 Å². The van der Waals surface area contributed by atoms with Crippen LogP contribution in [0, 0.1) is 5.92 Å². The Morgan fingerprint density at radius 3 is 2.68 bits per heavy atom. The third kappa shape index (κ3) is 5.37. The normalized spacial score (nSPS) is 26.1. The number of aliphatic hydroxyl groups is 1. The molecule has 2 N–H and O–H groups in total. The third-order valence-electron chi connectivity index (χ3n) is 3.23. The lowest BCUT2D eigenvalue weighted by atomic mass is 10.2. The second kappa shape index (κ2) is 6.57. The maximum Gasteiger partial charge on any atom is 0.408 e. The van der Waals surface area contributed by atoms with Crippen molar-refractivity contribution in [2.24, 2.45) is 5.92 Å². The Morgan fingerprint density at radius 2 is 2.16 bits per heavy atom. The van der Waals surface area contributed by atoms with E-state index in [2.05, 4.69) is 12.2 Å². The molecule has 1 fully saturated rings. The molecule has 1 aliphatic rings. The van der Waals surface area contributed by atoms with E-state index in [9.17, 15) is 9.90 Å². The van der Waals surface area contributed by atoms with Crippen molar-refractivity contribution in [1.29, 1.82) is 0 Å². The minimum atomic E-state index is -0.547. The van der Waals surface area contributed by atoms with Crippen molar-refractivity contribution in [1.82, 2.24) is 5.32 Å². The smallest absolute Gasteiger partial charge is 0.408 e. The van der Waals surface area contributed by atoms with Crippen LogP contribution in [0.15, 0.2) is 0 Å². The highest BCUT2D eigenvalue weighted by Gasteiger charge is 2.55. The number of aliphatic hydroxyl groups excluding tert-OH is 1. The van der Waals surface area contributed by atoms with E-state index in [1.54, 1.807) is 0 Å². The van der Waals surface area contributed by atoms with E-state index in [1.807, 2.05) is 20.8 Å². The van der Waals surface area contributed by atoms with Crippen LogP contribution in [0.2, 0.25) is 0 Å². The number of carbonyl (C=O) groups is 1. The summed E-state index contributed by atoms with van der Waals surface area (Å²) in [5.41, 5.74) is -1.07. The van der Waals surface area contributed by atoms with E-state index in [-0.39, 0.29) is 12.5 Å². The highest BCUT2D eigenvalue weighted by Crippen LogP contribution is 2.43. The molecule has 0 spiro atoms. The number of rotatable bonds is 7. The Balaban J connectivity index is 2.32. The second-order valence-electron chi connectivity index (χ2n) is 6.27. The van der Waals surface area contributed by atoms with E-state index < -0.39 is 17.2 Å². The fourth-order valence-electron chi connectivity index (χ4n) is 1.96. The largest absolute Gasteiger partial charge is 0.444 e. The molecular formula is C14H27NO4. The van der Waals surface area contributed by atoms with Crippen LogP contribution < -0.4 is 5.32 Å². The molecule has 2 atom stereocenters. The summed E-state index contributed by atoms with van der Waals surface area (Å²) < 4.78 is 10.7. The lowest BCUT2D eigenvalue weighted by Crippen LogP contribution is -2.44. The van der Waals surface area contributed by atoms with Crippen LogP contribution in [0.5, 0.6) is 0 Å². The number of ether oxygens (including phenoxy) is 2. The molecule has 5 nitrogen and oxygen atoms in total. The number of unbranched alkanes of at least 4 members (excludes halogenated alkanes) is 1. The van der Waals surface area contributed by atoms with Gasteiger partial charge in [0, 0.05) is 12.5 Å². The highest BCUT2D eigenvalue weighted by molar-refractivity contribution is 5.69. The molecule has 0 heterocycles. The van der Waals surface area contributed by atoms with Crippen molar-refractivity contribution < 1.29 is 19.4 Å². The zero-order valence-electron chi connectivity index (χ0n) is 12.5. The SMILES string of the molecule is CCCCOC[C@@H]1C[C@@]1(CO)NC(=O)OC(C)(C)C. The summed E-state index contributed by atoms with van der Waals surface area (Å²) in [6, 6.07) is 0. The minimum absolute atomic E-state index is 0.0753. The summed E-state index contributed by atoms with van der Waals surface area (Å²) in [5, 5.41) is 12.2. The summed E-state index contributed by atoms with van der Waals surface area (Å²) in [5.74, 6) is 0.182. The van der Waals surface area contributed by atoms with Gasteiger partial charge >= 0.3 is 6.09 Å². The van der Waals surface area contributed by atoms with Crippen molar-refractivity contribution >= 4 is 6.09 Å². The van der Waals surface area contributed by atoms with E-state index >= 15 is 0 Å². The molecule has 5 heteroatoms. The van der Waals surface area contributed by atoms with Gasteiger partial charge in [-0.3, -0.25) is 0 Å². The lowest BCUT2D eigenvalue weighted by Gasteiger charge is -2.23. The Kier molecular flexibility index (Phi) is 5.62. The first-order chi connectivity index (χ1) is 8.83. The fraction of sp³-hybridized carbons (Fsp3) is 0.929. The van der Waals surface area contributed by atoms with Crippen LogP contribution in [0.1, 0.15) is 47.0 Å². The molecule has 1 rings (SSSR count). The topological polar surface area (TPSA) is 67.8 Å². The average molecular weight is 273 g/mol. The molecule has 0 bridgehead atoms. The number of nitrogens with one attached hydrogen (secondary N) is 1. The number of carbonyl (C=O) groups excluding carboxylic acids is 1. The first-order valence-electron chi connectivity index (χ1n) is 7.03. The van der Waals surface area contributed by atoms with Crippen molar-refractivity contribution in [2.75, 3.05) is 19.8 Å². The van der Waals surface area contributed by atoms with Crippen LogP contribution in [0.25, 0.3) is 0 Å². The quantitative estimate of drug-likeness (QED) is 0.697. The fourth-order valence-corrected chi connectivity index (χ4v) is 1.96. The average Bonchev–Trinajstić information content (AvgIpc) is 2.96. The highest BCUT2D eigenvalue weighted by atomic mass is 16.6. The number of alkyl carbamates (subject to hydrolysis) is 1. The van der Waals surface area contributed by atoms with E-state index in [0.29, 0.717) is 6.61 Å². The Hall–Kier alpha value is -0.810. The zero-order chi connectivity index (χ0) is 14.5. The molecule has 0 radical (unpaired) electrons. The molecule has 1 aliphatic carbocycles. The van der Waals surface area contributed by atoms with Gasteiger partial charge < -0.3 is 19.9 Å². The van der Waals surface area contributed by atoms with Crippen molar-refractivity contribution in [3.8, 4) is 0 Å². The van der Waals surface area contributed by atoms with Crippen LogP contribution in [0.3, 0.4) is 0 Å². The molecule has 0 aromatic heterocycles. The predicted octanol–water partition coefficient (Wildman–Crippen LogP) is 2.08. The van der Waals surface area contributed by atoms with Gasteiger partial charge in [0.15, 0.2) is 0 Å².